The summed E-state index contributed by atoms with van der Waals surface area (Å²) >= 11 is 3.83. The van der Waals surface area contributed by atoms with Gasteiger partial charge >= 0.3 is 0 Å². The van der Waals surface area contributed by atoms with E-state index in [4.69, 9.17) is 0 Å². The average Bonchev–Trinajstić information content (AvgIpc) is 2.00. The highest BCUT2D eigenvalue weighted by Gasteiger charge is 2.33. The smallest absolute Gasteiger partial charge is 0.0244 e. The van der Waals surface area contributed by atoms with Gasteiger partial charge in [-0.2, -0.15) is 0 Å². The molecule has 0 rings (SSSR count). The summed E-state index contributed by atoms with van der Waals surface area (Å²) in [5.74, 6) is 0. The standard InChI is InChI=1S/C13H28BrN/c1-8-12(6,14)10-13(7,9-2)15-11(3,4)5/h15H,8-10H2,1-7H3. The third-order valence-corrected chi connectivity index (χ3v) is 3.79. The van der Waals surface area contributed by atoms with Crippen molar-refractivity contribution in [3.63, 3.8) is 0 Å². The molecule has 0 aliphatic carbocycles. The summed E-state index contributed by atoms with van der Waals surface area (Å²) in [5.41, 5.74) is 0.397. The normalized spacial score (nSPS) is 20.8. The topological polar surface area (TPSA) is 12.0 Å². The molecule has 0 radical (unpaired) electrons. The van der Waals surface area contributed by atoms with E-state index in [2.05, 4.69) is 69.7 Å². The van der Waals surface area contributed by atoms with Crippen LogP contribution in [0.3, 0.4) is 0 Å². The number of nitrogens with one attached hydrogen (secondary N) is 1. The molecular formula is C13H28BrN. The number of hydrogen-bond donors (Lipinski definition) is 1. The fourth-order valence-corrected chi connectivity index (χ4v) is 2.72. The fourth-order valence-electron chi connectivity index (χ4n) is 2.10. The van der Waals surface area contributed by atoms with Crippen LogP contribution in [-0.2, 0) is 0 Å². The first-order valence-corrected chi connectivity index (χ1v) is 6.81. The summed E-state index contributed by atoms with van der Waals surface area (Å²) in [6, 6.07) is 0. The minimum Gasteiger partial charge on any atom is -0.307 e. The summed E-state index contributed by atoms with van der Waals surface area (Å²) in [5, 5.41) is 3.74. The lowest BCUT2D eigenvalue weighted by molar-refractivity contribution is 0.222. The Balaban J connectivity index is 4.58. The monoisotopic (exact) mass is 277 g/mol. The maximum atomic E-state index is 3.83. The molecular weight excluding hydrogens is 250 g/mol. The van der Waals surface area contributed by atoms with Crippen molar-refractivity contribution >= 4 is 15.9 Å². The van der Waals surface area contributed by atoms with E-state index in [1.165, 1.54) is 0 Å². The van der Waals surface area contributed by atoms with Gasteiger partial charge in [0.2, 0.25) is 0 Å². The predicted octanol–water partition coefficient (Wildman–Crippen LogP) is 4.50. The van der Waals surface area contributed by atoms with Crippen molar-refractivity contribution in [2.45, 2.75) is 83.1 Å². The first-order valence-electron chi connectivity index (χ1n) is 6.02. The van der Waals surface area contributed by atoms with Crippen molar-refractivity contribution < 1.29 is 0 Å². The third-order valence-electron chi connectivity index (χ3n) is 2.95. The van der Waals surface area contributed by atoms with Gasteiger partial charge in [0.1, 0.15) is 0 Å². The minimum atomic E-state index is 0.182. The van der Waals surface area contributed by atoms with Crippen LogP contribution in [0.2, 0.25) is 0 Å². The van der Waals surface area contributed by atoms with Crippen LogP contribution in [-0.4, -0.2) is 15.4 Å². The highest BCUT2D eigenvalue weighted by atomic mass is 79.9. The Morgan fingerprint density at radius 2 is 1.40 bits per heavy atom. The molecule has 0 heterocycles. The van der Waals surface area contributed by atoms with Crippen LogP contribution in [0.4, 0.5) is 0 Å². The molecule has 1 N–H and O–H groups in total. The van der Waals surface area contributed by atoms with E-state index in [1.807, 2.05) is 0 Å². The molecule has 0 aromatic rings. The molecule has 2 heteroatoms. The summed E-state index contributed by atoms with van der Waals surface area (Å²) in [4.78, 5) is 0. The Morgan fingerprint density at radius 3 is 1.67 bits per heavy atom. The zero-order chi connectivity index (χ0) is 12.3. The molecule has 2 atom stereocenters. The Bertz CT molecular complexity index is 193. The van der Waals surface area contributed by atoms with Crippen LogP contribution < -0.4 is 5.32 Å². The van der Waals surface area contributed by atoms with Crippen LogP contribution in [0.15, 0.2) is 0 Å². The van der Waals surface area contributed by atoms with E-state index in [0.29, 0.717) is 0 Å². The van der Waals surface area contributed by atoms with Gasteiger partial charge in [0, 0.05) is 15.4 Å². The second kappa shape index (κ2) is 5.18. The van der Waals surface area contributed by atoms with Gasteiger partial charge in [0.15, 0.2) is 0 Å². The van der Waals surface area contributed by atoms with Crippen molar-refractivity contribution in [3.8, 4) is 0 Å². The van der Waals surface area contributed by atoms with Crippen molar-refractivity contribution in [1.82, 2.24) is 5.32 Å². The lowest BCUT2D eigenvalue weighted by Gasteiger charge is -2.41. The second-order valence-electron chi connectivity index (χ2n) is 6.23. The maximum absolute atomic E-state index is 3.83. The van der Waals surface area contributed by atoms with E-state index in [0.717, 1.165) is 19.3 Å². The molecule has 0 aromatic carbocycles. The molecule has 0 saturated heterocycles. The van der Waals surface area contributed by atoms with Gasteiger partial charge in [0.25, 0.3) is 0 Å². The second-order valence-corrected chi connectivity index (χ2v) is 8.15. The quantitative estimate of drug-likeness (QED) is 0.730. The number of hydrogen-bond acceptors (Lipinski definition) is 1. The van der Waals surface area contributed by atoms with Crippen LogP contribution in [0.25, 0.3) is 0 Å². The molecule has 0 fully saturated rings. The SMILES string of the molecule is CCC(C)(Br)CC(C)(CC)NC(C)(C)C. The number of halogens is 1. The third kappa shape index (κ3) is 6.57. The molecule has 0 aliphatic heterocycles. The molecule has 92 valence electrons. The van der Waals surface area contributed by atoms with E-state index >= 15 is 0 Å². The zero-order valence-electron chi connectivity index (χ0n) is 11.5. The Hall–Kier alpha value is 0.440. The highest BCUT2D eigenvalue weighted by molar-refractivity contribution is 9.10. The first-order chi connectivity index (χ1) is 6.54. The molecule has 0 saturated carbocycles. The van der Waals surface area contributed by atoms with Gasteiger partial charge in [-0.1, -0.05) is 29.8 Å². The Morgan fingerprint density at radius 1 is 0.933 bits per heavy atom. The van der Waals surface area contributed by atoms with Gasteiger partial charge in [-0.15, -0.1) is 0 Å². The summed E-state index contributed by atoms with van der Waals surface area (Å²) in [6.45, 7) is 15.8. The average molecular weight is 278 g/mol. The Labute approximate surface area is 105 Å². The van der Waals surface area contributed by atoms with Crippen LogP contribution >= 0.6 is 15.9 Å². The predicted molar refractivity (Wildman–Crippen MR) is 73.8 cm³/mol. The lowest BCUT2D eigenvalue weighted by atomic mass is 9.84. The first kappa shape index (κ1) is 15.4. The number of rotatable bonds is 5. The maximum Gasteiger partial charge on any atom is 0.0244 e. The van der Waals surface area contributed by atoms with Gasteiger partial charge in [-0.25, -0.2) is 0 Å². The summed E-state index contributed by atoms with van der Waals surface area (Å²) in [6.07, 6.45) is 3.48. The van der Waals surface area contributed by atoms with E-state index in [9.17, 15) is 0 Å². The van der Waals surface area contributed by atoms with Gasteiger partial charge < -0.3 is 5.32 Å². The van der Waals surface area contributed by atoms with Gasteiger partial charge in [0.05, 0.1) is 0 Å². The number of alkyl halides is 1. The molecule has 0 amide bonds. The fraction of sp³-hybridized carbons (Fsp3) is 1.00. The van der Waals surface area contributed by atoms with Crippen molar-refractivity contribution in [2.75, 3.05) is 0 Å². The molecule has 15 heavy (non-hydrogen) atoms. The molecule has 0 spiro atoms. The van der Waals surface area contributed by atoms with Crippen molar-refractivity contribution in [1.29, 1.82) is 0 Å². The van der Waals surface area contributed by atoms with E-state index < -0.39 is 0 Å². The Kier molecular flexibility index (Phi) is 5.33. The molecule has 0 aliphatic rings. The van der Waals surface area contributed by atoms with Crippen molar-refractivity contribution in [3.05, 3.63) is 0 Å². The minimum absolute atomic E-state index is 0.182. The van der Waals surface area contributed by atoms with Crippen LogP contribution in [0, 0.1) is 0 Å². The van der Waals surface area contributed by atoms with E-state index in [-0.39, 0.29) is 15.4 Å². The molecule has 0 aromatic heterocycles. The van der Waals surface area contributed by atoms with E-state index in [1.54, 1.807) is 0 Å². The highest BCUT2D eigenvalue weighted by Crippen LogP contribution is 2.34. The van der Waals surface area contributed by atoms with Crippen LogP contribution in [0.1, 0.15) is 67.7 Å². The van der Waals surface area contributed by atoms with Gasteiger partial charge in [-0.05, 0) is 53.9 Å². The largest absolute Gasteiger partial charge is 0.307 e. The zero-order valence-corrected chi connectivity index (χ0v) is 13.1. The van der Waals surface area contributed by atoms with Crippen LogP contribution in [0.5, 0.6) is 0 Å². The summed E-state index contributed by atoms with van der Waals surface area (Å²) in [7, 11) is 0. The van der Waals surface area contributed by atoms with Crippen molar-refractivity contribution in [2.24, 2.45) is 0 Å². The molecule has 2 unspecified atom stereocenters. The summed E-state index contributed by atoms with van der Waals surface area (Å²) < 4.78 is 0.246. The molecule has 1 nitrogen and oxygen atoms in total. The lowest BCUT2D eigenvalue weighted by Crippen LogP contribution is -2.54. The van der Waals surface area contributed by atoms with Gasteiger partial charge in [-0.3, -0.25) is 0 Å². The molecule has 0 bridgehead atoms.